The predicted octanol–water partition coefficient (Wildman–Crippen LogP) is 0.882. The third-order valence-electron chi connectivity index (χ3n) is 4.05. The molecule has 2 rings (SSSR count). The number of rotatable bonds is 4. The molecule has 20 heavy (non-hydrogen) atoms. The van der Waals surface area contributed by atoms with Gasteiger partial charge in [0, 0.05) is 6.20 Å². The zero-order valence-electron chi connectivity index (χ0n) is 12.1. The van der Waals surface area contributed by atoms with Crippen LogP contribution in [-0.4, -0.2) is 38.5 Å². The van der Waals surface area contributed by atoms with Crippen LogP contribution in [0, 0.1) is 0 Å². The summed E-state index contributed by atoms with van der Waals surface area (Å²) in [5.41, 5.74) is -0.102. The Morgan fingerprint density at radius 1 is 1.35 bits per heavy atom. The summed E-state index contributed by atoms with van der Waals surface area (Å²) in [6, 6.07) is 3.09. The van der Waals surface area contributed by atoms with Crippen LogP contribution in [0.5, 0.6) is 0 Å². The number of nitrogens with one attached hydrogen (secondary N) is 1. The second kappa shape index (κ2) is 5.56. The van der Waals surface area contributed by atoms with Gasteiger partial charge in [-0.1, -0.05) is 13.8 Å². The zero-order chi connectivity index (χ0) is 14.8. The van der Waals surface area contributed by atoms with Crippen molar-refractivity contribution in [3.8, 4) is 0 Å². The lowest BCUT2D eigenvalue weighted by Crippen LogP contribution is -2.69. The van der Waals surface area contributed by atoms with Gasteiger partial charge in [-0.15, -0.1) is 0 Å². The third kappa shape index (κ3) is 2.37. The molecule has 2 amide bonds. The van der Waals surface area contributed by atoms with Crippen LogP contribution in [-0.2, 0) is 16.1 Å². The summed E-state index contributed by atoms with van der Waals surface area (Å²) < 4.78 is 0. The largest absolute Gasteiger partial charge is 0.340 e. The van der Waals surface area contributed by atoms with Gasteiger partial charge in [0.25, 0.3) is 0 Å². The Morgan fingerprint density at radius 2 is 2.05 bits per heavy atom. The molecule has 1 N–H and O–H groups in total. The van der Waals surface area contributed by atoms with E-state index in [1.54, 1.807) is 30.2 Å². The Labute approximate surface area is 118 Å². The first-order chi connectivity index (χ1) is 9.54. The van der Waals surface area contributed by atoms with Gasteiger partial charge in [0.15, 0.2) is 0 Å². The molecule has 1 atom stereocenters. The molecule has 0 radical (unpaired) electrons. The highest BCUT2D eigenvalue weighted by atomic mass is 16.2. The van der Waals surface area contributed by atoms with Crippen molar-refractivity contribution in [2.75, 3.05) is 0 Å². The second-order valence-corrected chi connectivity index (χ2v) is 5.10. The van der Waals surface area contributed by atoms with Crippen molar-refractivity contribution in [1.82, 2.24) is 20.4 Å². The Balaban J connectivity index is 2.29. The highest BCUT2D eigenvalue weighted by molar-refractivity contribution is 5.99. The normalized spacial score (nSPS) is 21.8. The molecule has 1 aliphatic rings. The number of hydrogen-bond acceptors (Lipinski definition) is 4. The van der Waals surface area contributed by atoms with E-state index in [9.17, 15) is 9.59 Å². The van der Waals surface area contributed by atoms with Gasteiger partial charge < -0.3 is 10.2 Å². The first kappa shape index (κ1) is 14.4. The molecule has 1 saturated heterocycles. The molecule has 0 spiro atoms. The molecule has 1 aromatic heterocycles. The van der Waals surface area contributed by atoms with Crippen LogP contribution in [0.2, 0.25) is 0 Å². The van der Waals surface area contributed by atoms with E-state index in [0.717, 1.165) is 0 Å². The van der Waals surface area contributed by atoms with Crippen molar-refractivity contribution < 1.29 is 9.59 Å². The molecule has 1 fully saturated rings. The molecular weight excluding hydrogens is 256 g/mol. The number of carbonyl (C=O) groups excluding carboxylic acids is 2. The van der Waals surface area contributed by atoms with E-state index < -0.39 is 11.6 Å². The smallest absolute Gasteiger partial charge is 0.249 e. The second-order valence-electron chi connectivity index (χ2n) is 5.10. The fourth-order valence-corrected chi connectivity index (χ4v) is 2.52. The summed E-state index contributed by atoms with van der Waals surface area (Å²) in [5.74, 6) is -0.155. The summed E-state index contributed by atoms with van der Waals surface area (Å²) in [7, 11) is 0. The predicted molar refractivity (Wildman–Crippen MR) is 73.5 cm³/mol. The molecule has 1 aromatic rings. The van der Waals surface area contributed by atoms with Crippen molar-refractivity contribution in [2.45, 2.75) is 51.7 Å². The number of carbonyl (C=O) groups is 2. The molecule has 2 heterocycles. The number of piperazine rings is 1. The number of aromatic nitrogens is 2. The fraction of sp³-hybridized carbons (Fsp3) is 0.571. The Morgan fingerprint density at radius 3 is 2.60 bits per heavy atom. The third-order valence-corrected chi connectivity index (χ3v) is 4.05. The minimum atomic E-state index is -0.786. The molecular formula is C14H20N4O2. The van der Waals surface area contributed by atoms with E-state index in [2.05, 4.69) is 15.5 Å². The lowest BCUT2D eigenvalue weighted by atomic mass is 9.87. The van der Waals surface area contributed by atoms with Crippen molar-refractivity contribution in [2.24, 2.45) is 0 Å². The molecule has 108 valence electrons. The fourth-order valence-electron chi connectivity index (χ4n) is 2.52. The minimum absolute atomic E-state index is 0.0414. The van der Waals surface area contributed by atoms with E-state index in [1.165, 1.54) is 0 Å². The summed E-state index contributed by atoms with van der Waals surface area (Å²) in [4.78, 5) is 26.5. The quantitative estimate of drug-likeness (QED) is 0.886. The molecule has 1 aliphatic heterocycles. The van der Waals surface area contributed by atoms with Gasteiger partial charge in [-0.3, -0.25) is 9.59 Å². The molecule has 0 saturated carbocycles. The summed E-state index contributed by atoms with van der Waals surface area (Å²) >= 11 is 0. The van der Waals surface area contributed by atoms with Gasteiger partial charge in [-0.25, -0.2) is 0 Å². The summed E-state index contributed by atoms with van der Waals surface area (Å²) in [6.45, 7) is 5.87. The van der Waals surface area contributed by atoms with E-state index in [4.69, 9.17) is 0 Å². The monoisotopic (exact) mass is 276 g/mol. The van der Waals surface area contributed by atoms with Crippen LogP contribution in [0.1, 0.15) is 39.3 Å². The molecule has 0 aromatic carbocycles. The SMILES string of the molecule is CCC1(CC)NC(=O)C(C)N(Cc2cccnn2)C1=O. The average Bonchev–Trinajstić information content (AvgIpc) is 2.48. The Bertz CT molecular complexity index is 499. The van der Waals surface area contributed by atoms with E-state index in [0.29, 0.717) is 25.1 Å². The standard InChI is InChI=1S/C14H20N4O2/c1-4-14(5-2)13(20)18(10(3)12(19)16-14)9-11-7-6-8-15-17-11/h6-8,10H,4-5,9H2,1-3H3,(H,16,19). The number of hydrogen-bond donors (Lipinski definition) is 1. The van der Waals surface area contributed by atoms with Crippen LogP contribution >= 0.6 is 0 Å². The first-order valence-electron chi connectivity index (χ1n) is 6.93. The van der Waals surface area contributed by atoms with Crippen LogP contribution in [0.4, 0.5) is 0 Å². The molecule has 1 unspecified atom stereocenters. The van der Waals surface area contributed by atoms with Crippen LogP contribution in [0.3, 0.4) is 0 Å². The van der Waals surface area contributed by atoms with E-state index in [-0.39, 0.29) is 11.8 Å². The molecule has 6 nitrogen and oxygen atoms in total. The van der Waals surface area contributed by atoms with Gasteiger partial charge >= 0.3 is 0 Å². The Kier molecular flexibility index (Phi) is 4.01. The van der Waals surface area contributed by atoms with Gasteiger partial charge in [0.2, 0.25) is 11.8 Å². The summed E-state index contributed by atoms with van der Waals surface area (Å²) in [6.07, 6.45) is 2.75. The number of nitrogens with zero attached hydrogens (tertiary/aromatic N) is 3. The van der Waals surface area contributed by atoms with Crippen molar-refractivity contribution in [3.63, 3.8) is 0 Å². The highest BCUT2D eigenvalue weighted by Crippen LogP contribution is 2.25. The number of amides is 2. The van der Waals surface area contributed by atoms with Crippen LogP contribution in [0.15, 0.2) is 18.3 Å². The Hall–Kier alpha value is -1.98. The first-order valence-corrected chi connectivity index (χ1v) is 6.93. The van der Waals surface area contributed by atoms with E-state index >= 15 is 0 Å². The molecule has 0 aliphatic carbocycles. The lowest BCUT2D eigenvalue weighted by molar-refractivity contribution is -0.155. The molecule has 6 heteroatoms. The lowest BCUT2D eigenvalue weighted by Gasteiger charge is -2.44. The maximum absolute atomic E-state index is 12.7. The van der Waals surface area contributed by atoms with Crippen molar-refractivity contribution >= 4 is 11.8 Å². The average molecular weight is 276 g/mol. The topological polar surface area (TPSA) is 75.2 Å². The van der Waals surface area contributed by atoms with Gasteiger partial charge in [0.1, 0.15) is 11.6 Å². The highest BCUT2D eigenvalue weighted by Gasteiger charge is 2.47. The van der Waals surface area contributed by atoms with Gasteiger partial charge in [-0.05, 0) is 31.9 Å². The van der Waals surface area contributed by atoms with Crippen molar-refractivity contribution in [1.29, 1.82) is 0 Å². The zero-order valence-corrected chi connectivity index (χ0v) is 12.1. The van der Waals surface area contributed by atoms with Crippen molar-refractivity contribution in [3.05, 3.63) is 24.0 Å². The maximum atomic E-state index is 12.7. The van der Waals surface area contributed by atoms with Crippen LogP contribution in [0.25, 0.3) is 0 Å². The minimum Gasteiger partial charge on any atom is -0.340 e. The van der Waals surface area contributed by atoms with E-state index in [1.807, 2.05) is 13.8 Å². The van der Waals surface area contributed by atoms with Gasteiger partial charge in [0.05, 0.1) is 12.2 Å². The van der Waals surface area contributed by atoms with Gasteiger partial charge in [-0.2, -0.15) is 10.2 Å². The van der Waals surface area contributed by atoms with Crippen LogP contribution < -0.4 is 5.32 Å². The maximum Gasteiger partial charge on any atom is 0.249 e. The summed E-state index contributed by atoms with van der Waals surface area (Å²) in [5, 5.41) is 10.7. The molecule has 0 bridgehead atoms.